The molecule has 0 heterocycles. The first-order valence-corrected chi connectivity index (χ1v) is 6.84. The van der Waals surface area contributed by atoms with Crippen molar-refractivity contribution in [1.29, 1.82) is 0 Å². The van der Waals surface area contributed by atoms with Gasteiger partial charge in [0.05, 0.1) is 19.8 Å². The molecule has 1 rings (SSSR count). The summed E-state index contributed by atoms with van der Waals surface area (Å²) in [6, 6.07) is 5.68. The number of ether oxygens (including phenoxy) is 3. The molecule has 5 heteroatoms. The molecule has 0 amide bonds. The predicted molar refractivity (Wildman–Crippen MR) is 80.7 cm³/mol. The van der Waals surface area contributed by atoms with E-state index >= 15 is 0 Å². The fourth-order valence-electron chi connectivity index (χ4n) is 1.68. The summed E-state index contributed by atoms with van der Waals surface area (Å²) in [6.07, 6.45) is 3.41. The minimum absolute atomic E-state index is 0.518. The van der Waals surface area contributed by atoms with E-state index in [9.17, 15) is 4.79 Å². The van der Waals surface area contributed by atoms with E-state index in [4.69, 9.17) is 19.3 Å². The van der Waals surface area contributed by atoms with Crippen molar-refractivity contribution in [2.24, 2.45) is 0 Å². The molecule has 0 aromatic heterocycles. The number of rotatable bonds is 10. The molecule has 0 radical (unpaired) electrons. The average molecular weight is 294 g/mol. The summed E-state index contributed by atoms with van der Waals surface area (Å²) in [5.41, 5.74) is 1.81. The highest BCUT2D eigenvalue weighted by Crippen LogP contribution is 2.21. The molecule has 1 aromatic carbocycles. The van der Waals surface area contributed by atoms with Crippen LogP contribution in [0.15, 0.2) is 24.3 Å². The molecule has 116 valence electrons. The van der Waals surface area contributed by atoms with Crippen LogP contribution in [0, 0.1) is 6.92 Å². The van der Waals surface area contributed by atoms with Crippen molar-refractivity contribution in [3.05, 3.63) is 35.4 Å². The van der Waals surface area contributed by atoms with Crippen LogP contribution in [0.1, 0.15) is 17.5 Å². The molecule has 0 saturated heterocycles. The number of aliphatic carboxylic acids is 1. The van der Waals surface area contributed by atoms with Crippen LogP contribution in [0.2, 0.25) is 0 Å². The molecule has 0 aliphatic rings. The SMILES string of the molecule is COCCOCCCOc1ccc(C)cc1/C=C/C(=O)O. The first-order valence-electron chi connectivity index (χ1n) is 6.84. The van der Waals surface area contributed by atoms with Crippen molar-refractivity contribution in [3.63, 3.8) is 0 Å². The van der Waals surface area contributed by atoms with Gasteiger partial charge in [-0.3, -0.25) is 0 Å². The molecule has 0 atom stereocenters. The molecule has 1 N–H and O–H groups in total. The first-order chi connectivity index (χ1) is 10.1. The van der Waals surface area contributed by atoms with Crippen LogP contribution in [-0.2, 0) is 14.3 Å². The maximum Gasteiger partial charge on any atom is 0.328 e. The third kappa shape index (κ3) is 7.48. The van der Waals surface area contributed by atoms with E-state index in [1.54, 1.807) is 13.2 Å². The lowest BCUT2D eigenvalue weighted by molar-refractivity contribution is -0.131. The number of hydrogen-bond donors (Lipinski definition) is 1. The van der Waals surface area contributed by atoms with Crippen molar-refractivity contribution in [2.75, 3.05) is 33.5 Å². The Hall–Kier alpha value is -1.85. The fourth-order valence-corrected chi connectivity index (χ4v) is 1.68. The van der Waals surface area contributed by atoms with Gasteiger partial charge in [-0.15, -0.1) is 0 Å². The zero-order valence-electron chi connectivity index (χ0n) is 12.5. The van der Waals surface area contributed by atoms with Gasteiger partial charge in [-0.05, 0) is 25.1 Å². The molecule has 0 spiro atoms. The molecule has 5 nitrogen and oxygen atoms in total. The van der Waals surface area contributed by atoms with Crippen molar-refractivity contribution >= 4 is 12.0 Å². The van der Waals surface area contributed by atoms with Crippen LogP contribution < -0.4 is 4.74 Å². The van der Waals surface area contributed by atoms with Gasteiger partial charge in [-0.1, -0.05) is 11.6 Å². The van der Waals surface area contributed by atoms with Gasteiger partial charge in [0.25, 0.3) is 0 Å². The lowest BCUT2D eigenvalue weighted by Crippen LogP contribution is -2.07. The van der Waals surface area contributed by atoms with Gasteiger partial charge >= 0.3 is 5.97 Å². The summed E-state index contributed by atoms with van der Waals surface area (Å²) in [7, 11) is 1.63. The minimum Gasteiger partial charge on any atom is -0.493 e. The maximum atomic E-state index is 10.6. The highest BCUT2D eigenvalue weighted by Gasteiger charge is 2.02. The molecule has 0 aliphatic carbocycles. The molecule has 0 unspecified atom stereocenters. The van der Waals surface area contributed by atoms with Crippen LogP contribution >= 0.6 is 0 Å². The van der Waals surface area contributed by atoms with Crippen LogP contribution in [0.4, 0.5) is 0 Å². The summed E-state index contributed by atoms with van der Waals surface area (Å²) in [6.45, 7) is 4.24. The van der Waals surface area contributed by atoms with E-state index in [2.05, 4.69) is 0 Å². The summed E-state index contributed by atoms with van der Waals surface area (Å²) >= 11 is 0. The Morgan fingerprint density at radius 3 is 2.76 bits per heavy atom. The minimum atomic E-state index is -0.978. The molecule has 0 aliphatic heterocycles. The molecule has 21 heavy (non-hydrogen) atoms. The van der Waals surface area contributed by atoms with Gasteiger partial charge < -0.3 is 19.3 Å². The van der Waals surface area contributed by atoms with Gasteiger partial charge in [0, 0.05) is 31.8 Å². The number of hydrogen-bond acceptors (Lipinski definition) is 4. The Kier molecular flexibility index (Phi) is 8.16. The van der Waals surface area contributed by atoms with Crippen LogP contribution in [-0.4, -0.2) is 44.6 Å². The molecule has 1 aromatic rings. The topological polar surface area (TPSA) is 65.0 Å². The molecule has 0 fully saturated rings. The zero-order valence-corrected chi connectivity index (χ0v) is 12.5. The predicted octanol–water partition coefficient (Wildman–Crippen LogP) is 2.52. The Bertz CT molecular complexity index is 468. The summed E-state index contributed by atoms with van der Waals surface area (Å²) in [5.74, 6) is -0.302. The Balaban J connectivity index is 2.45. The van der Waals surface area contributed by atoms with E-state index < -0.39 is 5.97 Å². The quantitative estimate of drug-likeness (QED) is 0.530. The third-order valence-corrected chi connectivity index (χ3v) is 2.69. The Labute approximate surface area is 125 Å². The Morgan fingerprint density at radius 1 is 1.24 bits per heavy atom. The summed E-state index contributed by atoms with van der Waals surface area (Å²) in [4.78, 5) is 10.6. The number of carboxylic acid groups (broad SMARTS) is 1. The van der Waals surface area contributed by atoms with Gasteiger partial charge in [-0.2, -0.15) is 0 Å². The van der Waals surface area contributed by atoms with Crippen LogP contribution in [0.25, 0.3) is 6.08 Å². The standard InChI is InChI=1S/C16H22O5/c1-13-4-6-15(14(12-13)5-7-16(17)18)21-9-3-8-20-11-10-19-2/h4-7,12H,3,8-11H2,1-2H3,(H,17,18)/b7-5+. The van der Waals surface area contributed by atoms with E-state index in [0.717, 1.165) is 23.6 Å². The zero-order chi connectivity index (χ0) is 15.5. The molecular formula is C16H22O5. The number of carbonyl (C=O) groups is 1. The highest BCUT2D eigenvalue weighted by molar-refractivity contribution is 5.85. The van der Waals surface area contributed by atoms with Crippen molar-refractivity contribution in [2.45, 2.75) is 13.3 Å². The largest absolute Gasteiger partial charge is 0.493 e. The molecule has 0 saturated carbocycles. The summed E-state index contributed by atoms with van der Waals surface area (Å²) in [5, 5.41) is 8.70. The second-order valence-electron chi connectivity index (χ2n) is 4.52. The Morgan fingerprint density at radius 2 is 2.05 bits per heavy atom. The van der Waals surface area contributed by atoms with E-state index in [1.165, 1.54) is 0 Å². The summed E-state index contributed by atoms with van der Waals surface area (Å²) < 4.78 is 15.9. The third-order valence-electron chi connectivity index (χ3n) is 2.69. The van der Waals surface area contributed by atoms with Crippen LogP contribution in [0.5, 0.6) is 5.75 Å². The molecular weight excluding hydrogens is 272 g/mol. The first kappa shape index (κ1) is 17.2. The monoisotopic (exact) mass is 294 g/mol. The average Bonchev–Trinajstić information content (AvgIpc) is 2.45. The maximum absolute atomic E-state index is 10.6. The van der Waals surface area contributed by atoms with Crippen molar-refractivity contribution in [1.82, 2.24) is 0 Å². The number of benzene rings is 1. The van der Waals surface area contributed by atoms with Crippen molar-refractivity contribution in [3.8, 4) is 5.75 Å². The van der Waals surface area contributed by atoms with Crippen molar-refractivity contribution < 1.29 is 24.1 Å². The van der Waals surface area contributed by atoms with E-state index in [0.29, 0.717) is 32.2 Å². The van der Waals surface area contributed by atoms with Crippen LogP contribution in [0.3, 0.4) is 0 Å². The van der Waals surface area contributed by atoms with Gasteiger partial charge in [-0.25, -0.2) is 4.79 Å². The second kappa shape index (κ2) is 9.96. The lowest BCUT2D eigenvalue weighted by atomic mass is 10.1. The lowest BCUT2D eigenvalue weighted by Gasteiger charge is -2.10. The molecule has 0 bridgehead atoms. The second-order valence-corrected chi connectivity index (χ2v) is 4.52. The normalized spacial score (nSPS) is 11.0. The van der Waals surface area contributed by atoms with Gasteiger partial charge in [0.1, 0.15) is 5.75 Å². The highest BCUT2D eigenvalue weighted by atomic mass is 16.5. The number of aryl methyl sites for hydroxylation is 1. The van der Waals surface area contributed by atoms with E-state index in [-0.39, 0.29) is 0 Å². The number of carboxylic acids is 1. The number of methoxy groups -OCH3 is 1. The fraction of sp³-hybridized carbons (Fsp3) is 0.438. The van der Waals surface area contributed by atoms with Gasteiger partial charge in [0.15, 0.2) is 0 Å². The van der Waals surface area contributed by atoms with E-state index in [1.807, 2.05) is 25.1 Å². The van der Waals surface area contributed by atoms with Gasteiger partial charge in [0.2, 0.25) is 0 Å². The smallest absolute Gasteiger partial charge is 0.328 e.